The van der Waals surface area contributed by atoms with Crippen molar-refractivity contribution in [3.8, 4) is 0 Å². The van der Waals surface area contributed by atoms with Crippen LogP contribution in [0.15, 0.2) is 12.3 Å². The summed E-state index contributed by atoms with van der Waals surface area (Å²) in [7, 11) is 0. The van der Waals surface area contributed by atoms with E-state index < -0.39 is 5.97 Å². The maximum Gasteiger partial charge on any atom is 0.354 e. The van der Waals surface area contributed by atoms with Crippen molar-refractivity contribution in [2.24, 2.45) is 0 Å². The van der Waals surface area contributed by atoms with Crippen LogP contribution in [0.25, 0.3) is 5.65 Å². The molecule has 2 N–H and O–H groups in total. The Hall–Kier alpha value is -2.08. The minimum atomic E-state index is -0.938. The average Bonchev–Trinajstić information content (AvgIpc) is 2.62. The van der Waals surface area contributed by atoms with Gasteiger partial charge < -0.3 is 15.3 Å². The lowest BCUT2D eigenvalue weighted by atomic mass is 10.2. The first kappa shape index (κ1) is 13.9. The number of carboxylic acids is 1. The van der Waals surface area contributed by atoms with E-state index in [9.17, 15) is 9.90 Å². The van der Waals surface area contributed by atoms with Crippen LogP contribution in [-0.2, 0) is 0 Å². The molecule has 0 aliphatic carbocycles. The van der Waals surface area contributed by atoms with Crippen LogP contribution in [0.1, 0.15) is 28.2 Å². The molecule has 0 atom stereocenters. The number of aromatic nitrogens is 2. The van der Waals surface area contributed by atoms with E-state index in [0.29, 0.717) is 11.3 Å². The van der Waals surface area contributed by atoms with Gasteiger partial charge in [-0.15, -0.1) is 0 Å². The van der Waals surface area contributed by atoms with Crippen molar-refractivity contribution in [3.63, 3.8) is 0 Å². The number of carbonyl (C=O) groups is 1. The first-order valence-corrected chi connectivity index (χ1v) is 7.26. The first-order chi connectivity index (χ1) is 10.1. The summed E-state index contributed by atoms with van der Waals surface area (Å²) >= 11 is 0. The molecule has 0 amide bonds. The third-order valence-electron chi connectivity index (χ3n) is 4.00. The fraction of sp³-hybridized carbons (Fsp3) is 0.467. The third-order valence-corrected chi connectivity index (χ3v) is 4.00. The number of rotatable bonds is 2. The molecule has 1 fully saturated rings. The lowest BCUT2D eigenvalue weighted by Gasteiger charge is -2.24. The van der Waals surface area contributed by atoms with Gasteiger partial charge in [-0.2, -0.15) is 0 Å². The Morgan fingerprint density at radius 2 is 2.14 bits per heavy atom. The van der Waals surface area contributed by atoms with Crippen molar-refractivity contribution in [3.05, 3.63) is 29.2 Å². The number of carboxylic acid groups (broad SMARTS) is 1. The van der Waals surface area contributed by atoms with Crippen LogP contribution in [0.3, 0.4) is 0 Å². The molecule has 0 saturated carbocycles. The summed E-state index contributed by atoms with van der Waals surface area (Å²) in [5, 5.41) is 12.8. The van der Waals surface area contributed by atoms with Crippen molar-refractivity contribution >= 4 is 17.3 Å². The molecule has 112 valence electrons. The molecule has 6 nitrogen and oxygen atoms in total. The van der Waals surface area contributed by atoms with E-state index >= 15 is 0 Å². The van der Waals surface area contributed by atoms with Gasteiger partial charge in [-0.1, -0.05) is 0 Å². The van der Waals surface area contributed by atoms with E-state index in [2.05, 4.69) is 22.1 Å². The number of imidazole rings is 1. The highest BCUT2D eigenvalue weighted by atomic mass is 16.4. The quantitative estimate of drug-likeness (QED) is 0.875. The monoisotopic (exact) mass is 288 g/mol. The zero-order chi connectivity index (χ0) is 15.0. The molecule has 2 aromatic rings. The van der Waals surface area contributed by atoms with Crippen LogP contribution >= 0.6 is 0 Å². The van der Waals surface area contributed by atoms with E-state index in [-0.39, 0.29) is 5.69 Å². The van der Waals surface area contributed by atoms with Crippen molar-refractivity contribution < 1.29 is 9.90 Å². The third kappa shape index (κ3) is 2.47. The zero-order valence-electron chi connectivity index (χ0n) is 12.4. The predicted octanol–water partition coefficient (Wildman–Crippen LogP) is 1.45. The molecule has 1 aliphatic rings. The van der Waals surface area contributed by atoms with Crippen LogP contribution in [-0.4, -0.2) is 46.6 Å². The SMILES string of the molecule is Cc1cc2nc(C)c(C(=O)O)n2cc1N1CCCNCC1. The molecule has 2 aromatic heterocycles. The fourth-order valence-corrected chi connectivity index (χ4v) is 2.97. The second kappa shape index (κ2) is 5.37. The molecule has 3 heterocycles. The summed E-state index contributed by atoms with van der Waals surface area (Å²) in [6.45, 7) is 7.69. The summed E-state index contributed by atoms with van der Waals surface area (Å²) in [5.74, 6) is -0.938. The van der Waals surface area contributed by atoms with Gasteiger partial charge in [0, 0.05) is 25.8 Å². The molecule has 0 spiro atoms. The summed E-state index contributed by atoms with van der Waals surface area (Å²) in [4.78, 5) is 18.1. The summed E-state index contributed by atoms with van der Waals surface area (Å²) < 4.78 is 1.69. The molecular weight excluding hydrogens is 268 g/mol. The number of pyridine rings is 1. The van der Waals surface area contributed by atoms with E-state index in [1.807, 2.05) is 12.3 Å². The molecule has 0 bridgehead atoms. The second-order valence-corrected chi connectivity index (χ2v) is 5.51. The van der Waals surface area contributed by atoms with Gasteiger partial charge in [0.15, 0.2) is 5.69 Å². The lowest BCUT2D eigenvalue weighted by molar-refractivity contribution is 0.0688. The van der Waals surface area contributed by atoms with E-state index in [1.54, 1.807) is 11.3 Å². The molecule has 0 unspecified atom stereocenters. The number of nitrogens with one attached hydrogen (secondary N) is 1. The molecule has 21 heavy (non-hydrogen) atoms. The molecule has 0 radical (unpaired) electrons. The predicted molar refractivity (Wildman–Crippen MR) is 81.3 cm³/mol. The van der Waals surface area contributed by atoms with E-state index in [1.165, 1.54) is 0 Å². The van der Waals surface area contributed by atoms with Crippen molar-refractivity contribution in [2.75, 3.05) is 31.1 Å². The summed E-state index contributed by atoms with van der Waals surface area (Å²) in [5.41, 5.74) is 3.72. The van der Waals surface area contributed by atoms with Crippen LogP contribution in [0, 0.1) is 13.8 Å². The lowest BCUT2D eigenvalue weighted by Crippen LogP contribution is -2.28. The topological polar surface area (TPSA) is 69.9 Å². The minimum Gasteiger partial charge on any atom is -0.477 e. The van der Waals surface area contributed by atoms with Crippen molar-refractivity contribution in [1.82, 2.24) is 14.7 Å². The smallest absolute Gasteiger partial charge is 0.354 e. The van der Waals surface area contributed by atoms with E-state index in [0.717, 1.165) is 43.9 Å². The number of aromatic carboxylic acids is 1. The fourth-order valence-electron chi connectivity index (χ4n) is 2.97. The van der Waals surface area contributed by atoms with Gasteiger partial charge >= 0.3 is 5.97 Å². The van der Waals surface area contributed by atoms with Crippen molar-refractivity contribution in [2.45, 2.75) is 20.3 Å². The molecule has 1 aliphatic heterocycles. The maximum absolute atomic E-state index is 11.4. The van der Waals surface area contributed by atoms with E-state index in [4.69, 9.17) is 0 Å². The number of fused-ring (bicyclic) bond motifs is 1. The number of anilines is 1. The number of nitrogens with zero attached hydrogens (tertiary/aromatic N) is 3. The highest BCUT2D eigenvalue weighted by Crippen LogP contribution is 2.24. The first-order valence-electron chi connectivity index (χ1n) is 7.26. The molecule has 0 aromatic carbocycles. The van der Waals surface area contributed by atoms with Gasteiger partial charge in [0.05, 0.1) is 11.4 Å². The Labute approximate surface area is 123 Å². The summed E-state index contributed by atoms with van der Waals surface area (Å²) in [6.07, 6.45) is 3.01. The molecule has 6 heteroatoms. The Kier molecular flexibility index (Phi) is 3.55. The van der Waals surface area contributed by atoms with Gasteiger partial charge in [0.1, 0.15) is 5.65 Å². The van der Waals surface area contributed by atoms with Gasteiger partial charge in [0.25, 0.3) is 0 Å². The van der Waals surface area contributed by atoms with Crippen LogP contribution in [0.4, 0.5) is 5.69 Å². The molecule has 1 saturated heterocycles. The van der Waals surface area contributed by atoms with Crippen LogP contribution in [0.5, 0.6) is 0 Å². The maximum atomic E-state index is 11.4. The van der Waals surface area contributed by atoms with Gasteiger partial charge in [-0.05, 0) is 38.4 Å². The van der Waals surface area contributed by atoms with Crippen LogP contribution < -0.4 is 10.2 Å². The number of aryl methyl sites for hydroxylation is 2. The van der Waals surface area contributed by atoms with Crippen molar-refractivity contribution in [1.29, 1.82) is 0 Å². The largest absolute Gasteiger partial charge is 0.477 e. The Bertz CT molecular complexity index is 685. The Balaban J connectivity index is 2.12. The molecule has 3 rings (SSSR count). The highest BCUT2D eigenvalue weighted by Gasteiger charge is 2.19. The van der Waals surface area contributed by atoms with Gasteiger partial charge in [0.2, 0.25) is 0 Å². The van der Waals surface area contributed by atoms with Crippen LogP contribution in [0.2, 0.25) is 0 Å². The standard InChI is InChI=1S/C15H20N4O2/c1-10-8-13-17-11(2)14(15(20)21)19(13)9-12(10)18-6-3-4-16-5-7-18/h8-9,16H,3-7H2,1-2H3,(H,20,21). The highest BCUT2D eigenvalue weighted by molar-refractivity contribution is 5.88. The Morgan fingerprint density at radius 3 is 2.90 bits per heavy atom. The zero-order valence-corrected chi connectivity index (χ0v) is 12.4. The minimum absolute atomic E-state index is 0.249. The average molecular weight is 288 g/mol. The molecular formula is C15H20N4O2. The Morgan fingerprint density at radius 1 is 1.33 bits per heavy atom. The second-order valence-electron chi connectivity index (χ2n) is 5.51. The van der Waals surface area contributed by atoms with Gasteiger partial charge in [-0.3, -0.25) is 4.40 Å². The number of hydrogen-bond donors (Lipinski definition) is 2. The normalized spacial score (nSPS) is 16.2. The number of hydrogen-bond acceptors (Lipinski definition) is 4. The summed E-state index contributed by atoms with van der Waals surface area (Å²) in [6, 6.07) is 1.97. The van der Waals surface area contributed by atoms with Gasteiger partial charge in [-0.25, -0.2) is 9.78 Å².